The molecule has 7 nitrogen and oxygen atoms in total. The van der Waals surface area contributed by atoms with Crippen LogP contribution in [0.2, 0.25) is 0 Å². The molecule has 27 heavy (non-hydrogen) atoms. The zero-order valence-corrected chi connectivity index (χ0v) is 16.4. The van der Waals surface area contributed by atoms with Gasteiger partial charge in [0.2, 0.25) is 0 Å². The van der Waals surface area contributed by atoms with Crippen LogP contribution in [-0.2, 0) is 9.59 Å². The summed E-state index contributed by atoms with van der Waals surface area (Å²) in [5, 5.41) is 6.51. The first-order chi connectivity index (χ1) is 12.9. The Bertz CT molecular complexity index is 838. The Balaban J connectivity index is 2.10. The molecule has 0 aliphatic heterocycles. The summed E-state index contributed by atoms with van der Waals surface area (Å²) in [6.45, 7) is 7.73. The predicted octanol–water partition coefficient (Wildman–Crippen LogP) is 2.47. The van der Waals surface area contributed by atoms with Gasteiger partial charge in [-0.3, -0.25) is 9.59 Å². The monoisotopic (exact) mass is 370 g/mol. The van der Waals surface area contributed by atoms with Gasteiger partial charge in [-0.1, -0.05) is 6.92 Å². The molecule has 2 N–H and O–H groups in total. The topological polar surface area (TPSA) is 84.7 Å². The summed E-state index contributed by atoms with van der Waals surface area (Å²) in [6.07, 6.45) is 2.29. The number of benzene rings is 1. The van der Waals surface area contributed by atoms with Crippen molar-refractivity contribution in [1.29, 1.82) is 0 Å². The molecule has 1 atom stereocenters. The van der Waals surface area contributed by atoms with Crippen LogP contribution in [0.15, 0.2) is 35.4 Å². The van der Waals surface area contributed by atoms with Crippen LogP contribution in [0, 0.1) is 13.8 Å². The standard InChI is InChI=1S/C20H26N4O3/c1-6-13(2)22-19(25)20(26)23-21-12-16-11-14(3)24(15(16)4)17-7-9-18(27-5)10-8-17/h7-13H,6H2,1-5H3,(H,22,25)(H,23,26)/b21-12-/t13-/m1/s1. The van der Waals surface area contributed by atoms with Crippen LogP contribution in [0.25, 0.3) is 5.69 Å². The van der Waals surface area contributed by atoms with Crippen LogP contribution in [0.3, 0.4) is 0 Å². The highest BCUT2D eigenvalue weighted by atomic mass is 16.5. The SMILES string of the molecule is CC[C@@H](C)NC(=O)C(=O)N/N=C\c1cc(C)n(-c2ccc(OC)cc2)c1C. The van der Waals surface area contributed by atoms with Gasteiger partial charge in [0.25, 0.3) is 0 Å². The molecular weight excluding hydrogens is 344 g/mol. The Morgan fingerprint density at radius 3 is 2.48 bits per heavy atom. The number of nitrogens with zero attached hydrogens (tertiary/aromatic N) is 2. The van der Waals surface area contributed by atoms with Crippen molar-refractivity contribution in [2.45, 2.75) is 40.2 Å². The van der Waals surface area contributed by atoms with Crippen molar-refractivity contribution in [3.63, 3.8) is 0 Å². The second kappa shape index (κ2) is 9.02. The van der Waals surface area contributed by atoms with Gasteiger partial charge in [-0.15, -0.1) is 0 Å². The highest BCUT2D eigenvalue weighted by molar-refractivity contribution is 6.35. The Morgan fingerprint density at radius 1 is 1.22 bits per heavy atom. The minimum atomic E-state index is -0.782. The van der Waals surface area contributed by atoms with Crippen molar-refractivity contribution in [3.8, 4) is 11.4 Å². The quantitative estimate of drug-likeness (QED) is 0.465. The number of methoxy groups -OCH3 is 1. The lowest BCUT2D eigenvalue weighted by Crippen LogP contribution is -2.41. The van der Waals surface area contributed by atoms with Crippen molar-refractivity contribution >= 4 is 18.0 Å². The molecule has 0 aliphatic rings. The van der Waals surface area contributed by atoms with E-state index in [9.17, 15) is 9.59 Å². The van der Waals surface area contributed by atoms with Crippen molar-refractivity contribution < 1.29 is 14.3 Å². The molecule has 0 aliphatic carbocycles. The minimum Gasteiger partial charge on any atom is -0.497 e. The van der Waals surface area contributed by atoms with E-state index in [1.807, 2.05) is 58.0 Å². The van der Waals surface area contributed by atoms with Crippen molar-refractivity contribution in [3.05, 3.63) is 47.3 Å². The van der Waals surface area contributed by atoms with Gasteiger partial charge in [0.1, 0.15) is 5.75 Å². The number of hydrogen-bond acceptors (Lipinski definition) is 4. The fraction of sp³-hybridized carbons (Fsp3) is 0.350. The van der Waals surface area contributed by atoms with Crippen LogP contribution in [-0.4, -0.2) is 35.7 Å². The number of hydrogen-bond donors (Lipinski definition) is 2. The zero-order valence-electron chi connectivity index (χ0n) is 16.4. The van der Waals surface area contributed by atoms with E-state index in [1.165, 1.54) is 6.21 Å². The van der Waals surface area contributed by atoms with Gasteiger partial charge in [-0.2, -0.15) is 5.10 Å². The molecule has 1 heterocycles. The smallest absolute Gasteiger partial charge is 0.329 e. The van der Waals surface area contributed by atoms with E-state index in [0.717, 1.165) is 34.8 Å². The van der Waals surface area contributed by atoms with Gasteiger partial charge in [-0.05, 0) is 57.5 Å². The molecule has 2 rings (SSSR count). The maximum atomic E-state index is 11.8. The first-order valence-corrected chi connectivity index (χ1v) is 8.84. The Hall–Kier alpha value is -3.09. The van der Waals surface area contributed by atoms with Crippen molar-refractivity contribution in [2.24, 2.45) is 5.10 Å². The average Bonchev–Trinajstić information content (AvgIpc) is 2.95. The van der Waals surface area contributed by atoms with Gasteiger partial charge in [-0.25, -0.2) is 5.43 Å². The van der Waals surface area contributed by atoms with Crippen LogP contribution >= 0.6 is 0 Å². The third-order valence-corrected chi connectivity index (χ3v) is 4.37. The van der Waals surface area contributed by atoms with Gasteiger partial charge >= 0.3 is 11.8 Å². The zero-order chi connectivity index (χ0) is 20.0. The highest BCUT2D eigenvalue weighted by Crippen LogP contribution is 2.21. The van der Waals surface area contributed by atoms with Gasteiger partial charge in [0.15, 0.2) is 0 Å². The van der Waals surface area contributed by atoms with E-state index in [-0.39, 0.29) is 6.04 Å². The number of ether oxygens (including phenoxy) is 1. The van der Waals surface area contributed by atoms with Crippen molar-refractivity contribution in [2.75, 3.05) is 7.11 Å². The highest BCUT2D eigenvalue weighted by Gasteiger charge is 2.14. The molecular formula is C20H26N4O3. The predicted molar refractivity (Wildman–Crippen MR) is 105 cm³/mol. The summed E-state index contributed by atoms with van der Waals surface area (Å²) in [7, 11) is 1.63. The summed E-state index contributed by atoms with van der Waals surface area (Å²) in [6, 6.07) is 9.65. The van der Waals surface area contributed by atoms with Gasteiger partial charge in [0.05, 0.1) is 13.3 Å². The van der Waals surface area contributed by atoms with E-state index in [1.54, 1.807) is 7.11 Å². The van der Waals surface area contributed by atoms with E-state index in [2.05, 4.69) is 20.4 Å². The Kier molecular flexibility index (Phi) is 6.76. The number of rotatable bonds is 6. The van der Waals surface area contributed by atoms with Crippen LogP contribution < -0.4 is 15.5 Å². The van der Waals surface area contributed by atoms with E-state index < -0.39 is 11.8 Å². The summed E-state index contributed by atoms with van der Waals surface area (Å²) in [5.74, 6) is -0.679. The van der Waals surface area contributed by atoms with Crippen LogP contribution in [0.5, 0.6) is 5.75 Å². The largest absolute Gasteiger partial charge is 0.497 e. The van der Waals surface area contributed by atoms with E-state index in [4.69, 9.17) is 4.74 Å². The number of hydrazone groups is 1. The van der Waals surface area contributed by atoms with Crippen LogP contribution in [0.4, 0.5) is 0 Å². The Morgan fingerprint density at radius 2 is 1.89 bits per heavy atom. The molecule has 7 heteroatoms. The molecule has 2 amide bonds. The fourth-order valence-electron chi connectivity index (χ4n) is 2.65. The lowest BCUT2D eigenvalue weighted by molar-refractivity contribution is -0.139. The van der Waals surface area contributed by atoms with Gasteiger partial charge in [0, 0.05) is 28.7 Å². The summed E-state index contributed by atoms with van der Waals surface area (Å²) >= 11 is 0. The summed E-state index contributed by atoms with van der Waals surface area (Å²) < 4.78 is 7.27. The first kappa shape index (κ1) is 20.2. The van der Waals surface area contributed by atoms with E-state index in [0.29, 0.717) is 0 Å². The van der Waals surface area contributed by atoms with Crippen LogP contribution in [0.1, 0.15) is 37.2 Å². The lowest BCUT2D eigenvalue weighted by atomic mass is 10.2. The average molecular weight is 370 g/mol. The first-order valence-electron chi connectivity index (χ1n) is 8.84. The molecule has 2 aromatic rings. The Labute approximate surface area is 159 Å². The number of aryl methyl sites for hydroxylation is 1. The third kappa shape index (κ3) is 4.97. The van der Waals surface area contributed by atoms with E-state index >= 15 is 0 Å². The molecule has 0 bridgehead atoms. The number of aromatic nitrogens is 1. The molecule has 0 radical (unpaired) electrons. The minimum absolute atomic E-state index is 0.0596. The molecule has 0 unspecified atom stereocenters. The maximum absolute atomic E-state index is 11.8. The number of amides is 2. The van der Waals surface area contributed by atoms with Crippen molar-refractivity contribution in [1.82, 2.24) is 15.3 Å². The molecule has 0 saturated heterocycles. The normalized spacial score (nSPS) is 12.0. The second-order valence-corrected chi connectivity index (χ2v) is 6.34. The lowest BCUT2D eigenvalue weighted by Gasteiger charge is -2.10. The molecule has 144 valence electrons. The second-order valence-electron chi connectivity index (χ2n) is 6.34. The summed E-state index contributed by atoms with van der Waals surface area (Å²) in [4.78, 5) is 23.5. The number of nitrogens with one attached hydrogen (secondary N) is 2. The number of carbonyl (C=O) groups excluding carboxylic acids is 2. The fourth-order valence-corrected chi connectivity index (χ4v) is 2.65. The third-order valence-electron chi connectivity index (χ3n) is 4.37. The molecule has 0 saturated carbocycles. The molecule has 1 aromatic heterocycles. The maximum Gasteiger partial charge on any atom is 0.329 e. The molecule has 0 fully saturated rings. The number of carbonyl (C=O) groups is 2. The molecule has 0 spiro atoms. The van der Waals surface area contributed by atoms with Gasteiger partial charge < -0.3 is 14.6 Å². The summed E-state index contributed by atoms with van der Waals surface area (Å²) in [5.41, 5.74) is 6.12. The molecule has 1 aromatic carbocycles.